The van der Waals surface area contributed by atoms with Gasteiger partial charge in [0.15, 0.2) is 0 Å². The molecule has 18 heavy (non-hydrogen) atoms. The zero-order valence-corrected chi connectivity index (χ0v) is 11.5. The predicted molar refractivity (Wildman–Crippen MR) is 71.7 cm³/mol. The van der Waals surface area contributed by atoms with E-state index in [0.717, 1.165) is 24.3 Å². The first-order chi connectivity index (χ1) is 8.58. The monoisotopic (exact) mass is 288 g/mol. The molecule has 1 aromatic rings. The summed E-state index contributed by atoms with van der Waals surface area (Å²) in [6.07, 6.45) is 4.57. The van der Waals surface area contributed by atoms with E-state index in [2.05, 4.69) is 14.7 Å². The molecule has 1 aliphatic rings. The lowest BCUT2D eigenvalue weighted by Crippen LogP contribution is -2.31. The number of hydrogen-bond acceptors (Lipinski definition) is 6. The summed E-state index contributed by atoms with van der Waals surface area (Å²) in [5, 5.41) is 0. The van der Waals surface area contributed by atoms with Gasteiger partial charge in [0.05, 0.1) is 12.4 Å². The van der Waals surface area contributed by atoms with Gasteiger partial charge in [0.2, 0.25) is 16.0 Å². The van der Waals surface area contributed by atoms with Gasteiger partial charge in [0.1, 0.15) is 4.90 Å². The van der Waals surface area contributed by atoms with Crippen molar-refractivity contribution in [2.45, 2.75) is 17.7 Å². The van der Waals surface area contributed by atoms with Gasteiger partial charge in [-0.3, -0.25) is 0 Å². The Morgan fingerprint density at radius 3 is 2.56 bits per heavy atom. The minimum absolute atomic E-state index is 0.0573. The third kappa shape index (κ3) is 3.56. The van der Waals surface area contributed by atoms with Crippen LogP contribution in [0, 0.1) is 5.92 Å². The molecule has 2 rings (SSSR count). The SMILES string of the molecule is Nc1ncc(S(=O)(=O)NCC2CCSCC2)cn1. The molecule has 8 heteroatoms. The normalized spacial score (nSPS) is 17.8. The van der Waals surface area contributed by atoms with Crippen LogP contribution < -0.4 is 10.5 Å². The fourth-order valence-corrected chi connectivity index (χ4v) is 3.94. The Bertz CT molecular complexity index is 483. The second-order valence-electron chi connectivity index (χ2n) is 4.18. The second-order valence-corrected chi connectivity index (χ2v) is 7.18. The van der Waals surface area contributed by atoms with Crippen LogP contribution in [0.1, 0.15) is 12.8 Å². The van der Waals surface area contributed by atoms with E-state index < -0.39 is 10.0 Å². The molecule has 1 fully saturated rings. The fraction of sp³-hybridized carbons (Fsp3) is 0.600. The molecule has 0 radical (unpaired) electrons. The van der Waals surface area contributed by atoms with E-state index in [1.807, 2.05) is 11.8 Å². The van der Waals surface area contributed by atoms with Crippen molar-refractivity contribution >= 4 is 27.7 Å². The molecular weight excluding hydrogens is 272 g/mol. The van der Waals surface area contributed by atoms with Crippen molar-refractivity contribution in [3.05, 3.63) is 12.4 Å². The van der Waals surface area contributed by atoms with Crippen LogP contribution in [-0.4, -0.2) is 36.4 Å². The van der Waals surface area contributed by atoms with E-state index in [1.54, 1.807) is 0 Å². The molecular formula is C10H16N4O2S2. The number of sulfonamides is 1. The lowest BCUT2D eigenvalue weighted by Gasteiger charge is -2.21. The molecule has 3 N–H and O–H groups in total. The third-order valence-corrected chi connectivity index (χ3v) is 5.29. The van der Waals surface area contributed by atoms with Crippen molar-refractivity contribution in [3.63, 3.8) is 0 Å². The Morgan fingerprint density at radius 1 is 1.33 bits per heavy atom. The van der Waals surface area contributed by atoms with E-state index in [9.17, 15) is 8.42 Å². The summed E-state index contributed by atoms with van der Waals surface area (Å²) in [6.45, 7) is 0.479. The minimum atomic E-state index is -3.51. The van der Waals surface area contributed by atoms with Crippen LogP contribution in [0.5, 0.6) is 0 Å². The van der Waals surface area contributed by atoms with Gasteiger partial charge in [-0.1, -0.05) is 0 Å². The zero-order chi connectivity index (χ0) is 13.0. The van der Waals surface area contributed by atoms with Gasteiger partial charge in [-0.25, -0.2) is 23.1 Å². The maximum Gasteiger partial charge on any atom is 0.243 e. The van der Waals surface area contributed by atoms with E-state index in [4.69, 9.17) is 5.73 Å². The Balaban J connectivity index is 1.96. The predicted octanol–water partition coefficient (Wildman–Crippen LogP) is 0.480. The van der Waals surface area contributed by atoms with Crippen molar-refractivity contribution < 1.29 is 8.42 Å². The van der Waals surface area contributed by atoms with Crippen molar-refractivity contribution in [1.29, 1.82) is 0 Å². The minimum Gasteiger partial charge on any atom is -0.368 e. The quantitative estimate of drug-likeness (QED) is 0.836. The van der Waals surface area contributed by atoms with Crippen LogP contribution in [0.2, 0.25) is 0 Å². The number of anilines is 1. The summed E-state index contributed by atoms with van der Waals surface area (Å²) in [4.78, 5) is 7.43. The van der Waals surface area contributed by atoms with Crippen LogP contribution in [0.15, 0.2) is 17.3 Å². The van der Waals surface area contributed by atoms with Gasteiger partial charge in [-0.15, -0.1) is 0 Å². The molecule has 1 aromatic heterocycles. The maximum absolute atomic E-state index is 11.9. The van der Waals surface area contributed by atoms with E-state index in [0.29, 0.717) is 12.5 Å². The van der Waals surface area contributed by atoms with Gasteiger partial charge in [-0.05, 0) is 30.3 Å². The highest BCUT2D eigenvalue weighted by Crippen LogP contribution is 2.22. The molecule has 0 aliphatic carbocycles. The Kier molecular flexibility index (Phi) is 4.41. The second kappa shape index (κ2) is 5.85. The van der Waals surface area contributed by atoms with E-state index in [-0.39, 0.29) is 10.8 Å². The Hall–Kier alpha value is -0.860. The summed E-state index contributed by atoms with van der Waals surface area (Å²) in [7, 11) is -3.51. The van der Waals surface area contributed by atoms with Gasteiger partial charge < -0.3 is 5.73 Å². The first-order valence-corrected chi connectivity index (χ1v) is 8.36. The highest BCUT2D eigenvalue weighted by Gasteiger charge is 2.19. The Labute approximate surface area is 111 Å². The van der Waals surface area contributed by atoms with Crippen LogP contribution in [-0.2, 0) is 10.0 Å². The fourth-order valence-electron chi connectivity index (χ4n) is 1.73. The lowest BCUT2D eigenvalue weighted by molar-refractivity contribution is 0.476. The van der Waals surface area contributed by atoms with Crippen molar-refractivity contribution in [1.82, 2.24) is 14.7 Å². The molecule has 0 saturated carbocycles. The first kappa shape index (κ1) is 13.6. The number of nitrogen functional groups attached to an aromatic ring is 1. The summed E-state index contributed by atoms with van der Waals surface area (Å²) < 4.78 is 26.5. The van der Waals surface area contributed by atoms with Crippen molar-refractivity contribution in [2.75, 3.05) is 23.8 Å². The number of rotatable bonds is 4. The van der Waals surface area contributed by atoms with Crippen LogP contribution in [0.25, 0.3) is 0 Å². The number of nitrogens with two attached hydrogens (primary N) is 1. The molecule has 0 aromatic carbocycles. The van der Waals surface area contributed by atoms with Crippen molar-refractivity contribution in [2.24, 2.45) is 5.92 Å². The molecule has 0 amide bonds. The van der Waals surface area contributed by atoms with Crippen LogP contribution in [0.3, 0.4) is 0 Å². The smallest absolute Gasteiger partial charge is 0.243 e. The molecule has 100 valence electrons. The highest BCUT2D eigenvalue weighted by atomic mass is 32.2. The van der Waals surface area contributed by atoms with E-state index in [1.165, 1.54) is 12.4 Å². The maximum atomic E-state index is 11.9. The number of nitrogens with one attached hydrogen (secondary N) is 1. The topological polar surface area (TPSA) is 98.0 Å². The highest BCUT2D eigenvalue weighted by molar-refractivity contribution is 7.99. The molecule has 2 heterocycles. The van der Waals surface area contributed by atoms with Crippen LogP contribution >= 0.6 is 11.8 Å². The third-order valence-electron chi connectivity index (χ3n) is 2.86. The molecule has 0 spiro atoms. The summed E-state index contributed by atoms with van der Waals surface area (Å²) in [5.41, 5.74) is 5.32. The van der Waals surface area contributed by atoms with Gasteiger partial charge in [0.25, 0.3) is 0 Å². The largest absolute Gasteiger partial charge is 0.368 e. The lowest BCUT2D eigenvalue weighted by atomic mass is 10.0. The molecule has 1 aliphatic heterocycles. The average molecular weight is 288 g/mol. The number of aromatic nitrogens is 2. The first-order valence-electron chi connectivity index (χ1n) is 5.73. The number of hydrogen-bond donors (Lipinski definition) is 2. The molecule has 0 atom stereocenters. The molecule has 0 bridgehead atoms. The zero-order valence-electron chi connectivity index (χ0n) is 9.87. The summed E-state index contributed by atoms with van der Waals surface area (Å²) in [5.74, 6) is 2.71. The van der Waals surface area contributed by atoms with Gasteiger partial charge >= 0.3 is 0 Å². The number of nitrogens with zero attached hydrogens (tertiary/aromatic N) is 2. The average Bonchev–Trinajstić information content (AvgIpc) is 2.38. The van der Waals surface area contributed by atoms with Gasteiger partial charge in [0, 0.05) is 6.54 Å². The molecule has 6 nitrogen and oxygen atoms in total. The van der Waals surface area contributed by atoms with Crippen molar-refractivity contribution in [3.8, 4) is 0 Å². The molecule has 1 saturated heterocycles. The number of thioether (sulfide) groups is 1. The summed E-state index contributed by atoms with van der Waals surface area (Å²) >= 11 is 1.92. The van der Waals surface area contributed by atoms with Gasteiger partial charge in [-0.2, -0.15) is 11.8 Å². The standard InChI is InChI=1S/C10H16N4O2S2/c11-10-12-6-9(7-13-10)18(15,16)14-5-8-1-3-17-4-2-8/h6-8,14H,1-5H2,(H2,11,12,13). The molecule has 0 unspecified atom stereocenters. The summed E-state index contributed by atoms with van der Waals surface area (Å²) in [6, 6.07) is 0. The van der Waals surface area contributed by atoms with E-state index >= 15 is 0 Å². The van der Waals surface area contributed by atoms with Crippen LogP contribution in [0.4, 0.5) is 5.95 Å². The Morgan fingerprint density at radius 2 is 1.94 bits per heavy atom.